The number of carbonyl (C=O) groups is 1. The zero-order chi connectivity index (χ0) is 23.0. The second kappa shape index (κ2) is 8.70. The predicted molar refractivity (Wildman–Crippen MR) is 115 cm³/mol. The van der Waals surface area contributed by atoms with E-state index in [0.717, 1.165) is 5.69 Å². The molecule has 0 aliphatic carbocycles. The second-order valence-corrected chi connectivity index (χ2v) is 7.85. The number of hydrogen-bond donors (Lipinski definition) is 2. The van der Waals surface area contributed by atoms with Crippen LogP contribution >= 0.6 is 11.6 Å². The SMILES string of the molecule is CNC(=O)c1nn(C(C)c2ccccc2C(F)F)c2c1CN(c1cn[nH]c(=O)c1Cl)CC2. The van der Waals surface area contributed by atoms with E-state index in [-0.39, 0.29) is 28.7 Å². The number of aromatic nitrogens is 4. The molecule has 3 aromatic rings. The van der Waals surface area contributed by atoms with Crippen LogP contribution in [0.4, 0.5) is 14.5 Å². The van der Waals surface area contributed by atoms with Crippen LogP contribution in [0.15, 0.2) is 35.3 Å². The number of amides is 1. The van der Waals surface area contributed by atoms with Crippen LogP contribution in [0.1, 0.15) is 52.3 Å². The summed E-state index contributed by atoms with van der Waals surface area (Å²) in [4.78, 5) is 26.3. The molecule has 1 aliphatic heterocycles. The fourth-order valence-electron chi connectivity index (χ4n) is 4.09. The van der Waals surface area contributed by atoms with E-state index in [2.05, 4.69) is 20.6 Å². The third-order valence-corrected chi connectivity index (χ3v) is 6.06. The number of alkyl halides is 2. The van der Waals surface area contributed by atoms with Crippen LogP contribution in [0.2, 0.25) is 5.02 Å². The average Bonchev–Trinajstić information content (AvgIpc) is 3.18. The number of anilines is 1. The van der Waals surface area contributed by atoms with E-state index >= 15 is 0 Å². The number of H-pyrrole nitrogens is 1. The van der Waals surface area contributed by atoms with Gasteiger partial charge in [-0.1, -0.05) is 35.9 Å². The van der Waals surface area contributed by atoms with Gasteiger partial charge in [-0.15, -0.1) is 0 Å². The lowest BCUT2D eigenvalue weighted by atomic mass is 10.00. The van der Waals surface area contributed by atoms with E-state index < -0.39 is 18.0 Å². The summed E-state index contributed by atoms with van der Waals surface area (Å²) in [6.45, 7) is 2.54. The standard InChI is InChI=1S/C21H21ClF2N6O2/c1-11(12-5-3-4-6-13(12)19(23)24)30-15-7-8-29(16-9-26-27-20(31)17(16)22)10-14(15)18(28-30)21(32)25-2/h3-6,9,11,19H,7-8,10H2,1-2H3,(H,25,32)(H,27,31). The fourth-order valence-corrected chi connectivity index (χ4v) is 4.30. The highest BCUT2D eigenvalue weighted by atomic mass is 35.5. The van der Waals surface area contributed by atoms with Crippen LogP contribution < -0.4 is 15.8 Å². The number of fused-ring (bicyclic) bond motifs is 1. The number of hydrogen-bond acceptors (Lipinski definition) is 5. The van der Waals surface area contributed by atoms with Gasteiger partial charge >= 0.3 is 0 Å². The van der Waals surface area contributed by atoms with E-state index in [1.165, 1.54) is 19.3 Å². The normalized spacial score (nSPS) is 14.4. The molecule has 4 rings (SSSR count). The van der Waals surface area contributed by atoms with Crippen molar-refractivity contribution in [1.29, 1.82) is 0 Å². The van der Waals surface area contributed by atoms with Gasteiger partial charge in [0.1, 0.15) is 5.02 Å². The average molecular weight is 463 g/mol. The van der Waals surface area contributed by atoms with Crippen molar-refractivity contribution in [2.24, 2.45) is 0 Å². The number of nitrogens with one attached hydrogen (secondary N) is 2. The van der Waals surface area contributed by atoms with Crippen molar-refractivity contribution in [3.05, 3.63) is 73.9 Å². The van der Waals surface area contributed by atoms with E-state index in [1.54, 1.807) is 29.8 Å². The molecule has 168 valence electrons. The molecule has 2 aromatic heterocycles. The number of rotatable bonds is 5. The van der Waals surface area contributed by atoms with Crippen molar-refractivity contribution in [2.45, 2.75) is 32.4 Å². The summed E-state index contributed by atoms with van der Waals surface area (Å²) in [7, 11) is 1.50. The molecular formula is C21H21ClF2N6O2. The lowest BCUT2D eigenvalue weighted by Gasteiger charge is -2.30. The molecule has 11 heteroatoms. The molecule has 32 heavy (non-hydrogen) atoms. The number of benzene rings is 1. The minimum atomic E-state index is -2.63. The van der Waals surface area contributed by atoms with E-state index in [0.29, 0.717) is 29.8 Å². The molecule has 0 spiro atoms. The Labute approximate surface area is 187 Å². The fraction of sp³-hybridized carbons (Fsp3) is 0.333. The van der Waals surface area contributed by atoms with Crippen LogP contribution in [-0.4, -0.2) is 39.5 Å². The van der Waals surface area contributed by atoms with E-state index in [9.17, 15) is 18.4 Å². The highest BCUT2D eigenvalue weighted by Crippen LogP contribution is 2.34. The Morgan fingerprint density at radius 1 is 1.28 bits per heavy atom. The monoisotopic (exact) mass is 462 g/mol. The summed E-state index contributed by atoms with van der Waals surface area (Å²) in [5.74, 6) is -0.383. The minimum absolute atomic E-state index is 0.0107. The zero-order valence-corrected chi connectivity index (χ0v) is 18.2. The van der Waals surface area contributed by atoms with Gasteiger partial charge < -0.3 is 10.2 Å². The van der Waals surface area contributed by atoms with Gasteiger partial charge in [0.15, 0.2) is 5.69 Å². The van der Waals surface area contributed by atoms with Gasteiger partial charge in [-0.2, -0.15) is 10.2 Å². The molecule has 1 aromatic carbocycles. The first-order chi connectivity index (χ1) is 15.3. The highest BCUT2D eigenvalue weighted by molar-refractivity contribution is 6.33. The topological polar surface area (TPSA) is 95.9 Å². The maximum Gasteiger partial charge on any atom is 0.285 e. The summed E-state index contributed by atoms with van der Waals surface area (Å²) in [5.41, 5.74) is 1.98. The third kappa shape index (κ3) is 3.75. The van der Waals surface area contributed by atoms with Crippen molar-refractivity contribution in [3.63, 3.8) is 0 Å². The van der Waals surface area contributed by atoms with Crippen molar-refractivity contribution < 1.29 is 13.6 Å². The number of nitrogens with zero attached hydrogens (tertiary/aromatic N) is 4. The third-order valence-electron chi connectivity index (χ3n) is 5.69. The molecule has 0 radical (unpaired) electrons. The Bertz CT molecular complexity index is 1230. The van der Waals surface area contributed by atoms with Crippen LogP contribution in [0.3, 0.4) is 0 Å². The van der Waals surface area contributed by atoms with E-state index in [4.69, 9.17) is 11.6 Å². The molecule has 0 saturated carbocycles. The van der Waals surface area contributed by atoms with Crippen molar-refractivity contribution >= 4 is 23.2 Å². The lowest BCUT2D eigenvalue weighted by molar-refractivity contribution is 0.0956. The Hall–Kier alpha value is -3.27. The summed E-state index contributed by atoms with van der Waals surface area (Å²) >= 11 is 6.17. The second-order valence-electron chi connectivity index (χ2n) is 7.47. The molecule has 8 nitrogen and oxygen atoms in total. The summed E-state index contributed by atoms with van der Waals surface area (Å²) in [6, 6.07) is 5.82. The summed E-state index contributed by atoms with van der Waals surface area (Å²) in [5, 5.41) is 13.2. The summed E-state index contributed by atoms with van der Waals surface area (Å²) in [6.07, 6.45) is -0.691. The van der Waals surface area contributed by atoms with Crippen LogP contribution in [0.5, 0.6) is 0 Å². The Balaban J connectivity index is 1.79. The quantitative estimate of drug-likeness (QED) is 0.607. The zero-order valence-electron chi connectivity index (χ0n) is 17.4. The molecule has 1 aliphatic rings. The Morgan fingerprint density at radius 2 is 2.00 bits per heavy atom. The highest BCUT2D eigenvalue weighted by Gasteiger charge is 2.31. The maximum absolute atomic E-state index is 13.6. The first-order valence-electron chi connectivity index (χ1n) is 10.0. The van der Waals surface area contributed by atoms with Gasteiger partial charge in [-0.25, -0.2) is 13.9 Å². The molecule has 1 atom stereocenters. The minimum Gasteiger partial charge on any atom is -0.364 e. The number of carbonyl (C=O) groups excluding carboxylic acids is 1. The Morgan fingerprint density at radius 3 is 2.69 bits per heavy atom. The first kappa shape index (κ1) is 21.9. The Kier molecular flexibility index (Phi) is 5.96. The molecular weight excluding hydrogens is 442 g/mol. The molecule has 0 bridgehead atoms. The van der Waals surface area contributed by atoms with Crippen LogP contribution in [0, 0.1) is 0 Å². The predicted octanol–water partition coefficient (Wildman–Crippen LogP) is 3.09. The number of aromatic amines is 1. The molecule has 0 saturated heterocycles. The molecule has 1 unspecified atom stereocenters. The lowest BCUT2D eigenvalue weighted by Crippen LogP contribution is -2.33. The molecule has 2 N–H and O–H groups in total. The van der Waals surface area contributed by atoms with Gasteiger partial charge in [0.2, 0.25) is 0 Å². The van der Waals surface area contributed by atoms with Crippen LogP contribution in [-0.2, 0) is 13.0 Å². The van der Waals surface area contributed by atoms with Crippen molar-refractivity contribution in [2.75, 3.05) is 18.5 Å². The van der Waals surface area contributed by atoms with Gasteiger partial charge in [0.25, 0.3) is 17.9 Å². The maximum atomic E-state index is 13.6. The van der Waals surface area contributed by atoms with Crippen LogP contribution in [0.25, 0.3) is 0 Å². The summed E-state index contributed by atoms with van der Waals surface area (Å²) < 4.78 is 28.8. The van der Waals surface area contributed by atoms with Gasteiger partial charge in [-0.3, -0.25) is 14.3 Å². The molecule has 1 amide bonds. The molecule has 0 fully saturated rings. The van der Waals surface area contributed by atoms with Crippen molar-refractivity contribution in [1.82, 2.24) is 25.3 Å². The van der Waals surface area contributed by atoms with Crippen molar-refractivity contribution in [3.8, 4) is 0 Å². The number of halogens is 3. The van der Waals surface area contributed by atoms with Gasteiger partial charge in [-0.05, 0) is 12.5 Å². The van der Waals surface area contributed by atoms with Gasteiger partial charge in [0, 0.05) is 43.4 Å². The molecule has 3 heterocycles. The largest absolute Gasteiger partial charge is 0.364 e. The first-order valence-corrected chi connectivity index (χ1v) is 10.4. The van der Waals surface area contributed by atoms with E-state index in [1.807, 2.05) is 4.90 Å². The van der Waals surface area contributed by atoms with Gasteiger partial charge in [0.05, 0.1) is 17.9 Å². The smallest absolute Gasteiger partial charge is 0.285 e.